The van der Waals surface area contributed by atoms with Gasteiger partial charge in [0.1, 0.15) is 0 Å². The summed E-state index contributed by atoms with van der Waals surface area (Å²) in [5, 5.41) is 11.5. The number of fused-ring (bicyclic) bond motifs is 1. The van der Waals surface area contributed by atoms with Crippen LogP contribution < -0.4 is 4.90 Å². The molecular formula is C17H18N2. The second-order valence-electron chi connectivity index (χ2n) is 5.19. The van der Waals surface area contributed by atoms with E-state index in [1.54, 1.807) is 0 Å². The Morgan fingerprint density at radius 1 is 0.842 bits per heavy atom. The number of nitriles is 1. The van der Waals surface area contributed by atoms with Crippen molar-refractivity contribution in [2.45, 2.75) is 25.7 Å². The van der Waals surface area contributed by atoms with Crippen molar-refractivity contribution in [2.24, 2.45) is 0 Å². The normalized spacial score (nSPS) is 16.1. The summed E-state index contributed by atoms with van der Waals surface area (Å²) in [6.07, 6.45) is 5.22. The SMILES string of the molecule is N#Cc1ccc(N2CCCCCC2)c2ccccc12. The summed E-state index contributed by atoms with van der Waals surface area (Å²) < 4.78 is 0. The molecule has 0 atom stereocenters. The molecule has 0 saturated carbocycles. The highest BCUT2D eigenvalue weighted by Crippen LogP contribution is 2.30. The first kappa shape index (κ1) is 12.0. The average Bonchev–Trinajstić information content (AvgIpc) is 2.75. The number of hydrogen-bond donors (Lipinski definition) is 0. The predicted molar refractivity (Wildman–Crippen MR) is 79.3 cm³/mol. The molecule has 0 spiro atoms. The Labute approximate surface area is 114 Å². The van der Waals surface area contributed by atoms with Gasteiger partial charge in [0.25, 0.3) is 0 Å². The number of rotatable bonds is 1. The fourth-order valence-electron chi connectivity index (χ4n) is 2.97. The summed E-state index contributed by atoms with van der Waals surface area (Å²) in [5.41, 5.74) is 2.06. The van der Waals surface area contributed by atoms with Gasteiger partial charge in [0.15, 0.2) is 0 Å². The zero-order chi connectivity index (χ0) is 13.1. The van der Waals surface area contributed by atoms with E-state index in [0.717, 1.165) is 24.0 Å². The van der Waals surface area contributed by atoms with Crippen LogP contribution in [0.2, 0.25) is 0 Å². The molecule has 0 N–H and O–H groups in total. The maximum atomic E-state index is 9.22. The van der Waals surface area contributed by atoms with Crippen LogP contribution in [0.1, 0.15) is 31.2 Å². The molecule has 1 saturated heterocycles. The summed E-state index contributed by atoms with van der Waals surface area (Å²) in [7, 11) is 0. The Balaban J connectivity index is 2.11. The van der Waals surface area contributed by atoms with Crippen molar-refractivity contribution in [3.05, 3.63) is 42.0 Å². The fourth-order valence-corrected chi connectivity index (χ4v) is 2.97. The molecule has 2 aromatic rings. The summed E-state index contributed by atoms with van der Waals surface area (Å²) in [6, 6.07) is 14.6. The van der Waals surface area contributed by atoms with Crippen LogP contribution in [-0.4, -0.2) is 13.1 Å². The summed E-state index contributed by atoms with van der Waals surface area (Å²) in [6.45, 7) is 2.27. The Morgan fingerprint density at radius 3 is 2.21 bits per heavy atom. The first-order valence-electron chi connectivity index (χ1n) is 7.07. The van der Waals surface area contributed by atoms with Crippen LogP contribution in [-0.2, 0) is 0 Å². The Bertz CT molecular complexity index is 617. The fraction of sp³-hybridized carbons (Fsp3) is 0.353. The molecule has 2 aromatic carbocycles. The van der Waals surface area contributed by atoms with Crippen molar-refractivity contribution in [3.63, 3.8) is 0 Å². The van der Waals surface area contributed by atoms with E-state index in [1.165, 1.54) is 36.8 Å². The van der Waals surface area contributed by atoms with Crippen molar-refractivity contribution in [2.75, 3.05) is 18.0 Å². The molecule has 1 fully saturated rings. The van der Waals surface area contributed by atoms with E-state index < -0.39 is 0 Å². The van der Waals surface area contributed by atoms with Gasteiger partial charge in [-0.05, 0) is 25.0 Å². The Morgan fingerprint density at radius 2 is 1.53 bits per heavy atom. The minimum Gasteiger partial charge on any atom is -0.371 e. The summed E-state index contributed by atoms with van der Waals surface area (Å²) >= 11 is 0. The maximum absolute atomic E-state index is 9.22. The Kier molecular flexibility index (Phi) is 3.37. The molecule has 0 amide bonds. The van der Waals surface area contributed by atoms with E-state index in [4.69, 9.17) is 0 Å². The summed E-state index contributed by atoms with van der Waals surface area (Å²) in [5.74, 6) is 0. The van der Waals surface area contributed by atoms with Gasteiger partial charge in [-0.15, -0.1) is 0 Å². The van der Waals surface area contributed by atoms with Crippen molar-refractivity contribution in [3.8, 4) is 6.07 Å². The van der Waals surface area contributed by atoms with Crippen molar-refractivity contribution in [1.29, 1.82) is 5.26 Å². The quantitative estimate of drug-likeness (QED) is 0.762. The van der Waals surface area contributed by atoms with Crippen molar-refractivity contribution < 1.29 is 0 Å². The van der Waals surface area contributed by atoms with Crippen molar-refractivity contribution >= 4 is 16.5 Å². The van der Waals surface area contributed by atoms with Gasteiger partial charge in [0, 0.05) is 29.5 Å². The van der Waals surface area contributed by atoms with Gasteiger partial charge >= 0.3 is 0 Å². The van der Waals surface area contributed by atoms with E-state index in [1.807, 2.05) is 12.1 Å². The first-order chi connectivity index (χ1) is 9.40. The molecular weight excluding hydrogens is 232 g/mol. The minimum absolute atomic E-state index is 0.772. The lowest BCUT2D eigenvalue weighted by atomic mass is 10.0. The zero-order valence-electron chi connectivity index (χ0n) is 11.1. The second kappa shape index (κ2) is 5.32. The van der Waals surface area contributed by atoms with Crippen LogP contribution in [0.15, 0.2) is 36.4 Å². The zero-order valence-corrected chi connectivity index (χ0v) is 11.1. The van der Waals surface area contributed by atoms with Gasteiger partial charge in [-0.25, -0.2) is 0 Å². The standard InChI is InChI=1S/C17H18N2/c18-13-14-9-10-17(16-8-4-3-7-15(14)16)19-11-5-1-2-6-12-19/h3-4,7-10H,1-2,5-6,11-12H2. The molecule has 96 valence electrons. The molecule has 0 aliphatic carbocycles. The lowest BCUT2D eigenvalue weighted by Crippen LogP contribution is -2.24. The largest absolute Gasteiger partial charge is 0.371 e. The van der Waals surface area contributed by atoms with Crippen LogP contribution in [0.5, 0.6) is 0 Å². The van der Waals surface area contributed by atoms with Gasteiger partial charge in [0.2, 0.25) is 0 Å². The van der Waals surface area contributed by atoms with Crippen molar-refractivity contribution in [1.82, 2.24) is 0 Å². The van der Waals surface area contributed by atoms with Gasteiger partial charge in [-0.3, -0.25) is 0 Å². The van der Waals surface area contributed by atoms with Crippen LogP contribution in [0, 0.1) is 11.3 Å². The van der Waals surface area contributed by atoms with E-state index >= 15 is 0 Å². The minimum atomic E-state index is 0.772. The maximum Gasteiger partial charge on any atom is 0.0998 e. The Hall–Kier alpha value is -2.01. The highest BCUT2D eigenvalue weighted by molar-refractivity contribution is 5.97. The second-order valence-corrected chi connectivity index (χ2v) is 5.19. The molecule has 19 heavy (non-hydrogen) atoms. The number of nitrogens with zero attached hydrogens (tertiary/aromatic N) is 2. The number of benzene rings is 2. The van der Waals surface area contributed by atoms with E-state index in [0.29, 0.717) is 0 Å². The third kappa shape index (κ3) is 2.29. The average molecular weight is 250 g/mol. The number of anilines is 1. The molecule has 0 unspecified atom stereocenters. The van der Waals surface area contributed by atoms with Crippen LogP contribution in [0.3, 0.4) is 0 Å². The molecule has 1 heterocycles. The third-order valence-corrected chi connectivity index (χ3v) is 3.97. The molecule has 1 aliphatic rings. The highest BCUT2D eigenvalue weighted by Gasteiger charge is 2.13. The topological polar surface area (TPSA) is 27.0 Å². The van der Waals surface area contributed by atoms with Crippen LogP contribution in [0.25, 0.3) is 10.8 Å². The van der Waals surface area contributed by atoms with E-state index in [2.05, 4.69) is 35.2 Å². The van der Waals surface area contributed by atoms with Gasteiger partial charge in [0.05, 0.1) is 11.6 Å². The van der Waals surface area contributed by atoms with Crippen LogP contribution >= 0.6 is 0 Å². The third-order valence-electron chi connectivity index (χ3n) is 3.97. The molecule has 2 heteroatoms. The van der Waals surface area contributed by atoms with E-state index in [-0.39, 0.29) is 0 Å². The van der Waals surface area contributed by atoms with Gasteiger partial charge in [-0.2, -0.15) is 5.26 Å². The molecule has 1 aliphatic heterocycles. The smallest absolute Gasteiger partial charge is 0.0998 e. The molecule has 2 nitrogen and oxygen atoms in total. The molecule has 0 bridgehead atoms. The number of hydrogen-bond acceptors (Lipinski definition) is 2. The van der Waals surface area contributed by atoms with E-state index in [9.17, 15) is 5.26 Å². The lowest BCUT2D eigenvalue weighted by molar-refractivity contribution is 0.726. The lowest BCUT2D eigenvalue weighted by Gasteiger charge is -2.24. The monoisotopic (exact) mass is 250 g/mol. The molecule has 0 aromatic heterocycles. The molecule has 0 radical (unpaired) electrons. The highest BCUT2D eigenvalue weighted by atomic mass is 15.1. The first-order valence-corrected chi connectivity index (χ1v) is 7.07. The predicted octanol–water partition coefficient (Wildman–Crippen LogP) is 4.09. The molecule has 3 rings (SSSR count). The summed E-state index contributed by atoms with van der Waals surface area (Å²) in [4.78, 5) is 2.48. The van der Waals surface area contributed by atoms with Gasteiger partial charge < -0.3 is 4.90 Å². The van der Waals surface area contributed by atoms with Crippen LogP contribution in [0.4, 0.5) is 5.69 Å². The van der Waals surface area contributed by atoms with Gasteiger partial charge in [-0.1, -0.05) is 37.1 Å².